The van der Waals surface area contributed by atoms with Crippen LogP contribution in [0.3, 0.4) is 0 Å². The number of nitrogens with zero attached hydrogens (tertiary/aromatic N) is 2. The molecule has 3 rings (SSSR count). The summed E-state index contributed by atoms with van der Waals surface area (Å²) in [6, 6.07) is 8.08. The number of ketones is 1. The Kier molecular flexibility index (Phi) is 3.11. The van der Waals surface area contributed by atoms with E-state index in [0.717, 1.165) is 29.7 Å². The predicted molar refractivity (Wildman–Crippen MR) is 74.9 cm³/mol. The summed E-state index contributed by atoms with van der Waals surface area (Å²) in [7, 11) is 1.93. The summed E-state index contributed by atoms with van der Waals surface area (Å²) in [6.45, 7) is 3.98. The van der Waals surface area contributed by atoms with Crippen LogP contribution in [0.1, 0.15) is 12.6 Å². The van der Waals surface area contributed by atoms with Crippen LogP contribution in [0.2, 0.25) is 0 Å². The first kappa shape index (κ1) is 12.4. The highest BCUT2D eigenvalue weighted by Gasteiger charge is 2.29. The molecule has 19 heavy (non-hydrogen) atoms. The first-order valence-electron chi connectivity index (χ1n) is 6.81. The van der Waals surface area contributed by atoms with Crippen LogP contribution in [-0.2, 0) is 18.3 Å². The number of para-hydroxylation sites is 1. The van der Waals surface area contributed by atoms with Crippen LogP contribution in [0.15, 0.2) is 24.3 Å². The molecule has 100 valence electrons. The van der Waals surface area contributed by atoms with Gasteiger partial charge in [-0.15, -0.1) is 0 Å². The Morgan fingerprint density at radius 3 is 2.89 bits per heavy atom. The van der Waals surface area contributed by atoms with Crippen LogP contribution >= 0.6 is 0 Å². The van der Waals surface area contributed by atoms with Gasteiger partial charge < -0.3 is 5.32 Å². The van der Waals surface area contributed by atoms with Gasteiger partial charge in [0.1, 0.15) is 5.78 Å². The zero-order valence-electron chi connectivity index (χ0n) is 11.4. The molecular formula is C15H19N3O. The Morgan fingerprint density at radius 1 is 1.47 bits per heavy atom. The van der Waals surface area contributed by atoms with Crippen molar-refractivity contribution in [1.82, 2.24) is 15.1 Å². The Balaban J connectivity index is 1.83. The molecule has 0 bridgehead atoms. The third kappa shape index (κ3) is 2.16. The van der Waals surface area contributed by atoms with Crippen LogP contribution in [0.4, 0.5) is 0 Å². The molecule has 1 saturated heterocycles. The van der Waals surface area contributed by atoms with Crippen LogP contribution in [0.25, 0.3) is 10.9 Å². The third-order valence-electron chi connectivity index (χ3n) is 4.20. The number of Topliss-reactive ketones (excluding diaryl/α,β-unsaturated/α-hetero) is 1. The van der Waals surface area contributed by atoms with Gasteiger partial charge in [0.2, 0.25) is 0 Å². The molecule has 0 saturated carbocycles. The highest BCUT2D eigenvalue weighted by molar-refractivity contribution is 5.89. The summed E-state index contributed by atoms with van der Waals surface area (Å²) in [4.78, 5) is 12.3. The third-order valence-corrected chi connectivity index (χ3v) is 4.20. The fourth-order valence-corrected chi connectivity index (χ4v) is 2.67. The highest BCUT2D eigenvalue weighted by Crippen LogP contribution is 2.22. The smallest absolute Gasteiger partial charge is 0.142 e. The van der Waals surface area contributed by atoms with E-state index in [2.05, 4.69) is 10.4 Å². The van der Waals surface area contributed by atoms with Crippen LogP contribution in [0, 0.1) is 11.8 Å². The number of carbonyl (C=O) groups is 1. The van der Waals surface area contributed by atoms with E-state index >= 15 is 0 Å². The molecular weight excluding hydrogens is 238 g/mol. The number of aryl methyl sites for hydroxylation is 1. The quantitative estimate of drug-likeness (QED) is 0.903. The number of hydrogen-bond acceptors (Lipinski definition) is 3. The molecule has 1 atom stereocenters. The van der Waals surface area contributed by atoms with Gasteiger partial charge in [-0.05, 0) is 25.1 Å². The monoisotopic (exact) mass is 257 g/mol. The number of rotatable bonds is 4. The van der Waals surface area contributed by atoms with Crippen LogP contribution < -0.4 is 5.32 Å². The number of hydrogen-bond donors (Lipinski definition) is 1. The molecule has 1 aromatic carbocycles. The Labute approximate surface area is 112 Å². The van der Waals surface area contributed by atoms with Gasteiger partial charge in [0.15, 0.2) is 0 Å². The number of carbonyl (C=O) groups excluding carboxylic acids is 1. The number of benzene rings is 1. The van der Waals surface area contributed by atoms with Gasteiger partial charge in [0.25, 0.3) is 0 Å². The summed E-state index contributed by atoms with van der Waals surface area (Å²) in [5, 5.41) is 8.81. The van der Waals surface area contributed by atoms with Crippen molar-refractivity contribution in [3.63, 3.8) is 0 Å². The predicted octanol–water partition coefficient (Wildman–Crippen LogP) is 1.54. The van der Waals surface area contributed by atoms with Gasteiger partial charge in [-0.1, -0.05) is 25.1 Å². The van der Waals surface area contributed by atoms with E-state index in [9.17, 15) is 4.79 Å². The summed E-state index contributed by atoms with van der Waals surface area (Å²) >= 11 is 0. The lowest BCUT2D eigenvalue weighted by Gasteiger charge is -2.31. The fourth-order valence-electron chi connectivity index (χ4n) is 2.67. The minimum atomic E-state index is 0.127. The van der Waals surface area contributed by atoms with Crippen molar-refractivity contribution in [2.24, 2.45) is 18.9 Å². The molecule has 2 aromatic rings. The molecule has 1 aromatic heterocycles. The van der Waals surface area contributed by atoms with Crippen molar-refractivity contribution in [2.45, 2.75) is 13.3 Å². The van der Waals surface area contributed by atoms with E-state index in [-0.39, 0.29) is 5.92 Å². The maximum atomic E-state index is 12.3. The van der Waals surface area contributed by atoms with Crippen molar-refractivity contribution in [1.29, 1.82) is 0 Å². The maximum Gasteiger partial charge on any atom is 0.142 e. The van der Waals surface area contributed by atoms with Crippen molar-refractivity contribution in [2.75, 3.05) is 13.1 Å². The van der Waals surface area contributed by atoms with E-state index in [1.807, 2.05) is 42.9 Å². The first-order chi connectivity index (χ1) is 9.16. The van der Waals surface area contributed by atoms with Crippen LogP contribution in [0.5, 0.6) is 0 Å². The molecule has 1 fully saturated rings. The molecule has 0 radical (unpaired) electrons. The fraction of sp³-hybridized carbons (Fsp3) is 0.467. The van der Waals surface area contributed by atoms with Gasteiger partial charge in [-0.3, -0.25) is 9.48 Å². The van der Waals surface area contributed by atoms with Crippen molar-refractivity contribution in [3.8, 4) is 0 Å². The normalized spacial score (nSPS) is 17.4. The van der Waals surface area contributed by atoms with Crippen LogP contribution in [-0.4, -0.2) is 28.7 Å². The lowest BCUT2D eigenvalue weighted by atomic mass is 9.84. The standard InChI is InChI=1S/C15H19N3O/c1-10(11-8-16-9-11)15(19)7-13-12-5-3-4-6-14(12)18(2)17-13/h3-6,10-11,16H,7-9H2,1-2H3. The number of fused-ring (bicyclic) bond motifs is 1. The van der Waals surface area contributed by atoms with Crippen molar-refractivity contribution < 1.29 is 4.79 Å². The molecule has 1 N–H and O–H groups in total. The van der Waals surface area contributed by atoms with Gasteiger partial charge in [0, 0.05) is 18.4 Å². The Morgan fingerprint density at radius 2 is 2.21 bits per heavy atom. The van der Waals surface area contributed by atoms with Crippen molar-refractivity contribution in [3.05, 3.63) is 30.0 Å². The molecule has 2 heterocycles. The van der Waals surface area contributed by atoms with Gasteiger partial charge in [0.05, 0.1) is 17.6 Å². The van der Waals surface area contributed by atoms with E-state index in [4.69, 9.17) is 0 Å². The van der Waals surface area contributed by atoms with E-state index in [1.165, 1.54) is 0 Å². The average molecular weight is 257 g/mol. The molecule has 0 amide bonds. The largest absolute Gasteiger partial charge is 0.316 e. The second-order valence-electron chi connectivity index (χ2n) is 5.44. The molecule has 4 nitrogen and oxygen atoms in total. The first-order valence-corrected chi connectivity index (χ1v) is 6.81. The Hall–Kier alpha value is -1.68. The molecule has 0 aliphatic carbocycles. The zero-order chi connectivity index (χ0) is 13.4. The van der Waals surface area contributed by atoms with E-state index in [0.29, 0.717) is 18.1 Å². The Bertz CT molecular complexity index is 613. The molecule has 1 unspecified atom stereocenters. The average Bonchev–Trinajstić information content (AvgIpc) is 2.65. The lowest BCUT2D eigenvalue weighted by molar-refractivity contribution is -0.123. The maximum absolute atomic E-state index is 12.3. The summed E-state index contributed by atoms with van der Waals surface area (Å²) in [5.74, 6) is 0.930. The second kappa shape index (κ2) is 4.78. The zero-order valence-corrected chi connectivity index (χ0v) is 11.4. The van der Waals surface area contributed by atoms with Gasteiger partial charge in [-0.2, -0.15) is 5.10 Å². The molecule has 4 heteroatoms. The van der Waals surface area contributed by atoms with E-state index < -0.39 is 0 Å². The highest BCUT2D eigenvalue weighted by atomic mass is 16.1. The molecule has 0 spiro atoms. The number of nitrogens with one attached hydrogen (secondary N) is 1. The minimum absolute atomic E-state index is 0.127. The summed E-state index contributed by atoms with van der Waals surface area (Å²) in [6.07, 6.45) is 0.443. The van der Waals surface area contributed by atoms with Gasteiger partial charge >= 0.3 is 0 Å². The second-order valence-corrected chi connectivity index (χ2v) is 5.44. The summed E-state index contributed by atoms with van der Waals surface area (Å²) < 4.78 is 1.85. The molecule has 1 aliphatic heterocycles. The van der Waals surface area contributed by atoms with Crippen molar-refractivity contribution >= 4 is 16.7 Å². The lowest BCUT2D eigenvalue weighted by Crippen LogP contribution is -2.47. The minimum Gasteiger partial charge on any atom is -0.316 e. The van der Waals surface area contributed by atoms with E-state index in [1.54, 1.807) is 0 Å². The topological polar surface area (TPSA) is 46.9 Å². The summed E-state index contributed by atoms with van der Waals surface area (Å²) in [5.41, 5.74) is 1.99. The SMILES string of the molecule is CC(C(=O)Cc1nn(C)c2ccccc12)C1CNC1. The number of aromatic nitrogens is 2. The molecule has 1 aliphatic rings. The van der Waals surface area contributed by atoms with Gasteiger partial charge in [-0.25, -0.2) is 0 Å².